The summed E-state index contributed by atoms with van der Waals surface area (Å²) in [6, 6.07) is 0. The van der Waals surface area contributed by atoms with E-state index in [1.54, 1.807) is 0 Å². The molecule has 3 aliphatic rings. The highest BCUT2D eigenvalue weighted by Crippen LogP contribution is 2.22. The molecule has 6 nitrogen and oxygen atoms in total. The Kier molecular flexibility index (Phi) is 4.91. The van der Waals surface area contributed by atoms with Crippen LogP contribution in [0.4, 0.5) is 0 Å². The molecule has 0 N–H and O–H groups in total. The molecule has 3 heterocycles. The maximum absolute atomic E-state index is 5.72. The van der Waals surface area contributed by atoms with Gasteiger partial charge in [0.15, 0.2) is 0 Å². The van der Waals surface area contributed by atoms with Crippen LogP contribution in [0.2, 0.25) is 0 Å². The first kappa shape index (κ1) is 14.7. The largest absolute Gasteiger partial charge is 0.378 e. The summed E-state index contributed by atoms with van der Waals surface area (Å²) in [7, 11) is 0. The molecule has 3 aliphatic heterocycles. The summed E-state index contributed by atoms with van der Waals surface area (Å²) in [5.74, 6) is 0. The van der Waals surface area contributed by atoms with Crippen molar-refractivity contribution in [3.05, 3.63) is 0 Å². The molecule has 0 aromatic rings. The molecule has 3 fully saturated rings. The second-order valence-corrected chi connectivity index (χ2v) is 6.22. The fourth-order valence-corrected chi connectivity index (χ4v) is 1.93. The smallest absolute Gasteiger partial charge is 0.104 e. The number of hydrogen-bond acceptors (Lipinski definition) is 6. The Morgan fingerprint density at radius 3 is 1.30 bits per heavy atom. The van der Waals surface area contributed by atoms with Crippen LogP contribution in [-0.2, 0) is 28.4 Å². The SMILES string of the molecule is CC(COC[C@@H]1CO1)(COC[C@@H]1CO1)COC[C@@H]1CO1. The maximum atomic E-state index is 5.72. The van der Waals surface area contributed by atoms with Crippen molar-refractivity contribution in [2.45, 2.75) is 25.2 Å². The molecule has 0 aliphatic carbocycles. The Bertz CT molecular complexity index is 252. The Morgan fingerprint density at radius 1 is 0.750 bits per heavy atom. The first-order valence-corrected chi connectivity index (χ1v) is 7.32. The van der Waals surface area contributed by atoms with Crippen molar-refractivity contribution >= 4 is 0 Å². The first-order valence-electron chi connectivity index (χ1n) is 7.32. The molecule has 0 amide bonds. The zero-order valence-electron chi connectivity index (χ0n) is 12.0. The summed E-state index contributed by atoms with van der Waals surface area (Å²) in [5.41, 5.74) is -0.140. The summed E-state index contributed by atoms with van der Waals surface area (Å²) in [4.78, 5) is 0. The molecule has 0 aromatic heterocycles. The highest BCUT2D eigenvalue weighted by Gasteiger charge is 2.31. The first-order chi connectivity index (χ1) is 9.73. The van der Waals surface area contributed by atoms with E-state index >= 15 is 0 Å². The van der Waals surface area contributed by atoms with Crippen molar-refractivity contribution in [1.82, 2.24) is 0 Å². The van der Waals surface area contributed by atoms with E-state index in [-0.39, 0.29) is 5.41 Å². The van der Waals surface area contributed by atoms with Gasteiger partial charge in [-0.1, -0.05) is 6.92 Å². The van der Waals surface area contributed by atoms with Crippen LogP contribution in [0.15, 0.2) is 0 Å². The Balaban J connectivity index is 1.35. The fraction of sp³-hybridized carbons (Fsp3) is 1.00. The van der Waals surface area contributed by atoms with E-state index in [0.29, 0.717) is 58.0 Å². The van der Waals surface area contributed by atoms with Gasteiger partial charge in [-0.05, 0) is 0 Å². The van der Waals surface area contributed by atoms with Gasteiger partial charge in [0.25, 0.3) is 0 Å². The molecule has 0 radical (unpaired) electrons. The minimum Gasteiger partial charge on any atom is -0.378 e. The zero-order chi connectivity index (χ0) is 13.8. The standard InChI is InChI=1S/C14H24O6/c1-14(8-15-2-11-5-18-11,9-16-3-12-6-19-12)10-17-4-13-7-20-13/h11-13H,2-10H2,1H3/t11-,12-,13-/m1/s1. The van der Waals surface area contributed by atoms with E-state index < -0.39 is 0 Å². The third-order valence-corrected chi connectivity index (χ3v) is 3.47. The van der Waals surface area contributed by atoms with Gasteiger partial charge >= 0.3 is 0 Å². The lowest BCUT2D eigenvalue weighted by Crippen LogP contribution is -2.35. The van der Waals surface area contributed by atoms with Crippen LogP contribution in [0.1, 0.15) is 6.92 Å². The van der Waals surface area contributed by atoms with Crippen LogP contribution >= 0.6 is 0 Å². The minimum absolute atomic E-state index is 0.140. The Morgan fingerprint density at radius 2 is 1.05 bits per heavy atom. The van der Waals surface area contributed by atoms with Gasteiger partial charge in [0.1, 0.15) is 18.3 Å². The maximum Gasteiger partial charge on any atom is 0.104 e. The van der Waals surface area contributed by atoms with Gasteiger partial charge in [-0.3, -0.25) is 0 Å². The highest BCUT2D eigenvalue weighted by molar-refractivity contribution is 4.77. The number of epoxide rings is 3. The summed E-state index contributed by atoms with van der Waals surface area (Å²) < 4.78 is 32.6. The normalized spacial score (nSPS) is 31.4. The van der Waals surface area contributed by atoms with Crippen molar-refractivity contribution in [3.63, 3.8) is 0 Å². The molecule has 0 bridgehead atoms. The van der Waals surface area contributed by atoms with Crippen LogP contribution in [0.25, 0.3) is 0 Å². The van der Waals surface area contributed by atoms with Gasteiger partial charge < -0.3 is 28.4 Å². The van der Waals surface area contributed by atoms with Crippen LogP contribution in [0.5, 0.6) is 0 Å². The highest BCUT2D eigenvalue weighted by atomic mass is 16.6. The van der Waals surface area contributed by atoms with Crippen molar-refractivity contribution in [2.75, 3.05) is 59.5 Å². The molecular formula is C14H24O6. The van der Waals surface area contributed by atoms with Gasteiger partial charge in [0.2, 0.25) is 0 Å². The van der Waals surface area contributed by atoms with Crippen LogP contribution in [0, 0.1) is 5.41 Å². The molecule has 0 unspecified atom stereocenters. The fourth-order valence-electron chi connectivity index (χ4n) is 1.93. The average molecular weight is 288 g/mol. The minimum atomic E-state index is -0.140. The van der Waals surface area contributed by atoms with Gasteiger partial charge in [-0.2, -0.15) is 0 Å². The summed E-state index contributed by atoms with van der Waals surface area (Å²) >= 11 is 0. The third kappa shape index (κ3) is 5.63. The van der Waals surface area contributed by atoms with E-state index in [2.05, 4.69) is 6.92 Å². The molecule has 20 heavy (non-hydrogen) atoms. The zero-order valence-corrected chi connectivity index (χ0v) is 12.0. The summed E-state index contributed by atoms with van der Waals surface area (Å²) in [5, 5.41) is 0. The molecule has 3 saturated heterocycles. The van der Waals surface area contributed by atoms with Gasteiger partial charge in [0, 0.05) is 5.41 Å². The lowest BCUT2D eigenvalue weighted by atomic mass is 9.94. The van der Waals surface area contributed by atoms with Crippen molar-refractivity contribution in [2.24, 2.45) is 5.41 Å². The Hall–Kier alpha value is -0.240. The molecule has 0 saturated carbocycles. The lowest BCUT2D eigenvalue weighted by molar-refractivity contribution is -0.0650. The molecule has 3 rings (SSSR count). The van der Waals surface area contributed by atoms with E-state index in [4.69, 9.17) is 28.4 Å². The van der Waals surface area contributed by atoms with Crippen LogP contribution in [0.3, 0.4) is 0 Å². The molecule has 116 valence electrons. The monoisotopic (exact) mass is 288 g/mol. The second kappa shape index (κ2) is 6.68. The van der Waals surface area contributed by atoms with Gasteiger partial charge in [-0.15, -0.1) is 0 Å². The van der Waals surface area contributed by atoms with E-state index in [1.165, 1.54) is 0 Å². The van der Waals surface area contributed by atoms with Crippen LogP contribution in [-0.4, -0.2) is 77.8 Å². The van der Waals surface area contributed by atoms with Crippen LogP contribution < -0.4 is 0 Å². The number of rotatable bonds is 12. The van der Waals surface area contributed by atoms with E-state index in [9.17, 15) is 0 Å². The molecule has 3 atom stereocenters. The van der Waals surface area contributed by atoms with Crippen molar-refractivity contribution < 1.29 is 28.4 Å². The molecule has 0 aromatic carbocycles. The molecule has 0 spiro atoms. The summed E-state index contributed by atoms with van der Waals surface area (Å²) in [6.45, 7) is 8.42. The second-order valence-electron chi connectivity index (χ2n) is 6.22. The predicted molar refractivity (Wildman–Crippen MR) is 69.8 cm³/mol. The molecule has 6 heteroatoms. The number of hydrogen-bond donors (Lipinski definition) is 0. The quantitative estimate of drug-likeness (QED) is 0.479. The van der Waals surface area contributed by atoms with Gasteiger partial charge in [-0.25, -0.2) is 0 Å². The van der Waals surface area contributed by atoms with Gasteiger partial charge in [0.05, 0.1) is 59.5 Å². The molecular weight excluding hydrogens is 264 g/mol. The predicted octanol–water partition coefficient (Wildman–Crippen LogP) is 0.239. The van der Waals surface area contributed by atoms with E-state index in [1.807, 2.05) is 0 Å². The average Bonchev–Trinajstić information content (AvgIpc) is 3.24. The van der Waals surface area contributed by atoms with Crippen molar-refractivity contribution in [1.29, 1.82) is 0 Å². The number of ether oxygens (including phenoxy) is 6. The third-order valence-electron chi connectivity index (χ3n) is 3.47. The van der Waals surface area contributed by atoms with E-state index in [0.717, 1.165) is 19.8 Å². The summed E-state index contributed by atoms with van der Waals surface area (Å²) in [6.07, 6.45) is 0.877. The topological polar surface area (TPSA) is 65.3 Å². The Labute approximate surface area is 119 Å². The lowest BCUT2D eigenvalue weighted by Gasteiger charge is -2.28. The van der Waals surface area contributed by atoms with Crippen molar-refractivity contribution in [3.8, 4) is 0 Å².